The first-order valence-corrected chi connectivity index (χ1v) is 6.02. The lowest BCUT2D eigenvalue weighted by atomic mass is 10.2. The van der Waals surface area contributed by atoms with Gasteiger partial charge in [-0.3, -0.25) is 19.6 Å². The van der Waals surface area contributed by atoms with Crippen molar-refractivity contribution in [3.8, 4) is 0 Å². The van der Waals surface area contributed by atoms with Crippen LogP contribution in [-0.2, 0) is 7.05 Å². The molecule has 2 rings (SSSR count). The second-order valence-corrected chi connectivity index (χ2v) is 4.61. The Labute approximate surface area is 119 Å². The van der Waals surface area contributed by atoms with Crippen LogP contribution in [0, 0.1) is 17.0 Å². The van der Waals surface area contributed by atoms with E-state index in [0.29, 0.717) is 11.3 Å². The number of benzene rings is 1. The number of halogens is 1. The van der Waals surface area contributed by atoms with Gasteiger partial charge in [-0.2, -0.15) is 5.10 Å². The van der Waals surface area contributed by atoms with Crippen LogP contribution in [0.2, 0.25) is 5.02 Å². The quantitative estimate of drug-likeness (QED) is 0.695. The minimum Gasteiger partial charge on any atom is -0.316 e. The fraction of sp³-hybridized carbons (Fsp3) is 0.167. The van der Waals surface area contributed by atoms with Gasteiger partial charge in [0.25, 0.3) is 11.6 Å². The molecule has 1 heterocycles. The standard InChI is InChI=1S/C12H11ClN4O3/c1-7-9(6-16(2)15-7)12(18)14-10-4-3-8(13)5-11(10)17(19)20/h3-6H,1-2H3,(H,14,18). The lowest BCUT2D eigenvalue weighted by molar-refractivity contribution is -0.383. The van der Waals surface area contributed by atoms with E-state index in [1.807, 2.05) is 0 Å². The number of hydrogen-bond acceptors (Lipinski definition) is 4. The summed E-state index contributed by atoms with van der Waals surface area (Å²) < 4.78 is 1.50. The van der Waals surface area contributed by atoms with Crippen molar-refractivity contribution in [2.24, 2.45) is 7.05 Å². The SMILES string of the molecule is Cc1nn(C)cc1C(=O)Nc1ccc(Cl)cc1[N+](=O)[O-]. The predicted molar refractivity (Wildman–Crippen MR) is 74.0 cm³/mol. The monoisotopic (exact) mass is 294 g/mol. The molecule has 104 valence electrons. The van der Waals surface area contributed by atoms with E-state index < -0.39 is 10.8 Å². The molecule has 0 unspecified atom stereocenters. The Hall–Kier alpha value is -2.41. The molecule has 0 saturated heterocycles. The summed E-state index contributed by atoms with van der Waals surface area (Å²) in [5, 5.41) is 17.7. The molecule has 0 atom stereocenters. The highest BCUT2D eigenvalue weighted by atomic mass is 35.5. The van der Waals surface area contributed by atoms with E-state index in [1.165, 1.54) is 22.9 Å². The van der Waals surface area contributed by atoms with Gasteiger partial charge in [0, 0.05) is 24.3 Å². The number of carbonyl (C=O) groups excluding carboxylic acids is 1. The van der Waals surface area contributed by atoms with Crippen molar-refractivity contribution in [1.82, 2.24) is 9.78 Å². The Morgan fingerprint density at radius 1 is 1.50 bits per heavy atom. The van der Waals surface area contributed by atoms with Crippen molar-refractivity contribution >= 4 is 28.9 Å². The van der Waals surface area contributed by atoms with E-state index >= 15 is 0 Å². The van der Waals surface area contributed by atoms with Crippen LogP contribution in [0.25, 0.3) is 0 Å². The average molecular weight is 295 g/mol. The Bertz CT molecular complexity index is 696. The van der Waals surface area contributed by atoms with Crippen LogP contribution in [0.3, 0.4) is 0 Å². The van der Waals surface area contributed by atoms with Crippen LogP contribution in [0.1, 0.15) is 16.1 Å². The summed E-state index contributed by atoms with van der Waals surface area (Å²) in [5.41, 5.74) is 0.735. The lowest BCUT2D eigenvalue weighted by Gasteiger charge is -2.05. The van der Waals surface area contributed by atoms with E-state index in [-0.39, 0.29) is 16.4 Å². The van der Waals surface area contributed by atoms with Gasteiger partial charge in [0.2, 0.25) is 0 Å². The highest BCUT2D eigenvalue weighted by molar-refractivity contribution is 6.31. The maximum Gasteiger partial charge on any atom is 0.294 e. The van der Waals surface area contributed by atoms with Gasteiger partial charge in [-0.15, -0.1) is 0 Å². The molecule has 0 saturated carbocycles. The highest BCUT2D eigenvalue weighted by Crippen LogP contribution is 2.28. The second kappa shape index (κ2) is 5.30. The second-order valence-electron chi connectivity index (χ2n) is 4.17. The molecule has 0 aliphatic rings. The number of nitro groups is 1. The summed E-state index contributed by atoms with van der Waals surface area (Å²) in [4.78, 5) is 22.4. The molecule has 1 N–H and O–H groups in total. The molecule has 0 bridgehead atoms. The molecule has 0 aliphatic heterocycles. The number of nitrogens with zero attached hydrogens (tertiary/aromatic N) is 3. The van der Waals surface area contributed by atoms with Crippen LogP contribution >= 0.6 is 11.6 Å². The largest absolute Gasteiger partial charge is 0.316 e. The molecule has 1 aromatic carbocycles. The molecule has 1 aromatic heterocycles. The third-order valence-corrected chi connectivity index (χ3v) is 2.90. The molecule has 20 heavy (non-hydrogen) atoms. The van der Waals surface area contributed by atoms with Gasteiger partial charge in [0.05, 0.1) is 16.2 Å². The van der Waals surface area contributed by atoms with E-state index in [0.717, 1.165) is 0 Å². The molecular weight excluding hydrogens is 284 g/mol. The molecular formula is C12H11ClN4O3. The lowest BCUT2D eigenvalue weighted by Crippen LogP contribution is -2.13. The molecule has 1 amide bonds. The van der Waals surface area contributed by atoms with E-state index in [1.54, 1.807) is 20.2 Å². The molecule has 2 aromatic rings. The first-order chi connectivity index (χ1) is 9.38. The zero-order valence-electron chi connectivity index (χ0n) is 10.8. The van der Waals surface area contributed by atoms with Crippen LogP contribution in [0.4, 0.5) is 11.4 Å². The number of hydrogen-bond donors (Lipinski definition) is 1. The summed E-state index contributed by atoms with van der Waals surface area (Å²) in [7, 11) is 1.69. The molecule has 8 heteroatoms. The van der Waals surface area contributed by atoms with Gasteiger partial charge < -0.3 is 5.32 Å². The fourth-order valence-electron chi connectivity index (χ4n) is 1.77. The normalized spacial score (nSPS) is 10.3. The zero-order valence-corrected chi connectivity index (χ0v) is 11.5. The molecule has 7 nitrogen and oxygen atoms in total. The van der Waals surface area contributed by atoms with Gasteiger partial charge in [-0.25, -0.2) is 0 Å². The zero-order chi connectivity index (χ0) is 14.9. The number of amides is 1. The Balaban J connectivity index is 2.33. The average Bonchev–Trinajstić information content (AvgIpc) is 2.70. The smallest absolute Gasteiger partial charge is 0.294 e. The summed E-state index contributed by atoms with van der Waals surface area (Å²) in [6, 6.07) is 4.05. The maximum atomic E-state index is 12.1. The fourth-order valence-corrected chi connectivity index (χ4v) is 1.94. The third kappa shape index (κ3) is 2.77. The molecule has 0 radical (unpaired) electrons. The third-order valence-electron chi connectivity index (χ3n) is 2.66. The van der Waals surface area contributed by atoms with Gasteiger partial charge in [-0.1, -0.05) is 11.6 Å². The topological polar surface area (TPSA) is 90.1 Å². The van der Waals surface area contributed by atoms with Crippen LogP contribution in [0.15, 0.2) is 24.4 Å². The molecule has 0 fully saturated rings. The summed E-state index contributed by atoms with van der Waals surface area (Å²) in [6.45, 7) is 1.69. The van der Waals surface area contributed by atoms with E-state index in [4.69, 9.17) is 11.6 Å². The number of nitro benzene ring substituents is 1. The maximum absolute atomic E-state index is 12.1. The molecule has 0 aliphatic carbocycles. The predicted octanol–water partition coefficient (Wildman–Crippen LogP) is 2.54. The first-order valence-electron chi connectivity index (χ1n) is 5.64. The van der Waals surface area contributed by atoms with Crippen molar-refractivity contribution in [3.63, 3.8) is 0 Å². The number of rotatable bonds is 3. The Morgan fingerprint density at radius 3 is 2.75 bits per heavy atom. The van der Waals surface area contributed by atoms with Crippen molar-refractivity contribution in [3.05, 3.63) is 50.8 Å². The van der Waals surface area contributed by atoms with Crippen LogP contribution < -0.4 is 5.32 Å². The van der Waals surface area contributed by atoms with Crippen molar-refractivity contribution < 1.29 is 9.72 Å². The van der Waals surface area contributed by atoms with Crippen molar-refractivity contribution in [1.29, 1.82) is 0 Å². The number of nitrogens with one attached hydrogen (secondary N) is 1. The summed E-state index contributed by atoms with van der Waals surface area (Å²) >= 11 is 5.71. The number of carbonyl (C=O) groups is 1. The van der Waals surface area contributed by atoms with Gasteiger partial charge in [-0.05, 0) is 19.1 Å². The van der Waals surface area contributed by atoms with Gasteiger partial charge >= 0.3 is 0 Å². The van der Waals surface area contributed by atoms with E-state index in [2.05, 4.69) is 10.4 Å². The van der Waals surface area contributed by atoms with Crippen molar-refractivity contribution in [2.45, 2.75) is 6.92 Å². The Kier molecular flexibility index (Phi) is 3.71. The summed E-state index contributed by atoms with van der Waals surface area (Å²) in [6.07, 6.45) is 1.55. The van der Waals surface area contributed by atoms with Crippen LogP contribution in [0.5, 0.6) is 0 Å². The van der Waals surface area contributed by atoms with Crippen LogP contribution in [-0.4, -0.2) is 20.6 Å². The van der Waals surface area contributed by atoms with E-state index in [9.17, 15) is 14.9 Å². The number of anilines is 1. The minimum atomic E-state index is -0.600. The number of aryl methyl sites for hydroxylation is 2. The molecule has 0 spiro atoms. The van der Waals surface area contributed by atoms with Gasteiger partial charge in [0.15, 0.2) is 0 Å². The number of aromatic nitrogens is 2. The summed E-state index contributed by atoms with van der Waals surface area (Å²) in [5.74, 6) is -0.457. The Morgan fingerprint density at radius 2 is 2.20 bits per heavy atom. The first kappa shape index (κ1) is 14.0. The van der Waals surface area contributed by atoms with Crippen molar-refractivity contribution in [2.75, 3.05) is 5.32 Å². The minimum absolute atomic E-state index is 0.0904. The van der Waals surface area contributed by atoms with Gasteiger partial charge in [0.1, 0.15) is 5.69 Å². The highest BCUT2D eigenvalue weighted by Gasteiger charge is 2.19.